The van der Waals surface area contributed by atoms with Crippen molar-refractivity contribution < 1.29 is 19.0 Å². The fourth-order valence-corrected chi connectivity index (χ4v) is 3.19. The van der Waals surface area contributed by atoms with Gasteiger partial charge in [0.15, 0.2) is 0 Å². The molecule has 114 valence electrons. The Kier molecular flexibility index (Phi) is 4.10. The van der Waals surface area contributed by atoms with Crippen molar-refractivity contribution in [2.24, 2.45) is 11.8 Å². The van der Waals surface area contributed by atoms with Crippen LogP contribution in [0.3, 0.4) is 0 Å². The van der Waals surface area contributed by atoms with Crippen LogP contribution >= 0.6 is 0 Å². The Labute approximate surface area is 123 Å². The summed E-state index contributed by atoms with van der Waals surface area (Å²) < 4.78 is 19.0. The van der Waals surface area contributed by atoms with E-state index in [1.54, 1.807) is 4.90 Å². The zero-order valence-corrected chi connectivity index (χ0v) is 11.9. The van der Waals surface area contributed by atoms with E-state index < -0.39 is 5.82 Å². The maximum Gasteiger partial charge on any atom is 0.256 e. The fraction of sp³-hybridized carbons (Fsp3) is 0.562. The summed E-state index contributed by atoms with van der Waals surface area (Å²) in [6, 6.07) is 3.67. The maximum absolute atomic E-state index is 13.7. The molecule has 1 aromatic rings. The Morgan fingerprint density at radius 1 is 1.29 bits per heavy atom. The number of hydrogen-bond donors (Lipinski definition) is 1. The highest BCUT2D eigenvalue weighted by Crippen LogP contribution is 2.30. The zero-order valence-electron chi connectivity index (χ0n) is 11.9. The largest absolute Gasteiger partial charge is 0.508 e. The van der Waals surface area contributed by atoms with E-state index in [2.05, 4.69) is 0 Å². The predicted molar refractivity (Wildman–Crippen MR) is 75.6 cm³/mol. The van der Waals surface area contributed by atoms with Crippen LogP contribution in [0.25, 0.3) is 0 Å². The molecule has 0 bridgehead atoms. The van der Waals surface area contributed by atoms with Crippen LogP contribution in [0.15, 0.2) is 18.2 Å². The number of rotatable bonds is 3. The SMILES string of the molecule is O=C(c1ccc(O)cc1F)N1CC(CC2CCOCC2)C1. The molecule has 21 heavy (non-hydrogen) atoms. The number of hydrogen-bond acceptors (Lipinski definition) is 3. The molecule has 2 aliphatic rings. The van der Waals surface area contributed by atoms with Crippen LogP contribution in [-0.2, 0) is 4.74 Å². The van der Waals surface area contributed by atoms with Crippen molar-refractivity contribution in [2.45, 2.75) is 19.3 Å². The average molecular weight is 293 g/mol. The first-order valence-corrected chi connectivity index (χ1v) is 7.49. The number of phenols is 1. The topological polar surface area (TPSA) is 49.8 Å². The lowest BCUT2D eigenvalue weighted by atomic mass is 9.84. The van der Waals surface area contributed by atoms with Gasteiger partial charge in [-0.15, -0.1) is 0 Å². The number of carbonyl (C=O) groups is 1. The van der Waals surface area contributed by atoms with Gasteiger partial charge >= 0.3 is 0 Å². The highest BCUT2D eigenvalue weighted by molar-refractivity contribution is 5.95. The van der Waals surface area contributed by atoms with Crippen LogP contribution in [0.1, 0.15) is 29.6 Å². The van der Waals surface area contributed by atoms with Gasteiger partial charge in [0, 0.05) is 32.4 Å². The van der Waals surface area contributed by atoms with E-state index >= 15 is 0 Å². The number of amides is 1. The molecule has 2 aliphatic heterocycles. The number of benzene rings is 1. The molecule has 3 rings (SSSR count). The van der Waals surface area contributed by atoms with Crippen molar-refractivity contribution in [3.05, 3.63) is 29.6 Å². The molecule has 0 unspecified atom stereocenters. The van der Waals surface area contributed by atoms with Gasteiger partial charge in [0.2, 0.25) is 0 Å². The Morgan fingerprint density at radius 3 is 2.67 bits per heavy atom. The summed E-state index contributed by atoms with van der Waals surface area (Å²) in [5, 5.41) is 9.18. The number of likely N-dealkylation sites (tertiary alicyclic amines) is 1. The van der Waals surface area contributed by atoms with Crippen molar-refractivity contribution in [2.75, 3.05) is 26.3 Å². The van der Waals surface area contributed by atoms with Crippen molar-refractivity contribution in [1.82, 2.24) is 4.90 Å². The average Bonchev–Trinajstić information content (AvgIpc) is 2.43. The molecule has 0 radical (unpaired) electrons. The molecule has 0 aliphatic carbocycles. The zero-order chi connectivity index (χ0) is 14.8. The lowest BCUT2D eigenvalue weighted by molar-refractivity contribution is 0.0272. The van der Waals surface area contributed by atoms with Gasteiger partial charge in [-0.1, -0.05) is 0 Å². The molecule has 2 saturated heterocycles. The lowest BCUT2D eigenvalue weighted by Crippen LogP contribution is -2.50. The number of carbonyl (C=O) groups excluding carboxylic acids is 1. The summed E-state index contributed by atoms with van der Waals surface area (Å²) in [7, 11) is 0. The van der Waals surface area contributed by atoms with Gasteiger partial charge in [-0.05, 0) is 43.2 Å². The second-order valence-electron chi connectivity index (χ2n) is 6.03. The first kappa shape index (κ1) is 14.3. The van der Waals surface area contributed by atoms with Crippen molar-refractivity contribution in [3.63, 3.8) is 0 Å². The molecule has 2 heterocycles. The van der Waals surface area contributed by atoms with Crippen molar-refractivity contribution in [3.8, 4) is 5.75 Å². The second-order valence-corrected chi connectivity index (χ2v) is 6.03. The highest BCUT2D eigenvalue weighted by atomic mass is 19.1. The summed E-state index contributed by atoms with van der Waals surface area (Å²) in [4.78, 5) is 13.9. The smallest absolute Gasteiger partial charge is 0.256 e. The molecule has 2 fully saturated rings. The van der Waals surface area contributed by atoms with Gasteiger partial charge in [0.1, 0.15) is 11.6 Å². The third kappa shape index (κ3) is 3.18. The Bertz CT molecular complexity index is 522. The minimum atomic E-state index is -0.659. The quantitative estimate of drug-likeness (QED) is 0.931. The molecule has 1 amide bonds. The van der Waals surface area contributed by atoms with Crippen LogP contribution in [-0.4, -0.2) is 42.2 Å². The third-order valence-electron chi connectivity index (χ3n) is 4.44. The summed E-state index contributed by atoms with van der Waals surface area (Å²) in [6.45, 7) is 3.10. The number of halogens is 1. The van der Waals surface area contributed by atoms with E-state index in [0.717, 1.165) is 38.5 Å². The summed E-state index contributed by atoms with van der Waals surface area (Å²) in [5.41, 5.74) is 0.0392. The normalized spacial score (nSPS) is 20.3. The molecule has 5 heteroatoms. The van der Waals surface area contributed by atoms with E-state index in [1.807, 2.05) is 0 Å². The van der Waals surface area contributed by atoms with E-state index in [-0.39, 0.29) is 17.2 Å². The van der Waals surface area contributed by atoms with Crippen LogP contribution in [0.2, 0.25) is 0 Å². The predicted octanol–water partition coefficient (Wildman–Crippen LogP) is 2.42. The summed E-state index contributed by atoms with van der Waals surface area (Å²) in [5.74, 6) is 0.122. The molecule has 1 N–H and O–H groups in total. The number of phenolic OH excluding ortho intramolecular Hbond substituents is 1. The van der Waals surface area contributed by atoms with E-state index in [0.29, 0.717) is 24.9 Å². The summed E-state index contributed by atoms with van der Waals surface area (Å²) in [6.07, 6.45) is 3.35. The number of aromatic hydroxyl groups is 1. The lowest BCUT2D eigenvalue weighted by Gasteiger charge is -2.41. The van der Waals surface area contributed by atoms with E-state index in [4.69, 9.17) is 4.74 Å². The third-order valence-corrected chi connectivity index (χ3v) is 4.44. The monoisotopic (exact) mass is 293 g/mol. The minimum absolute atomic E-state index is 0.0392. The van der Waals surface area contributed by atoms with Crippen LogP contribution in [0, 0.1) is 17.7 Å². The van der Waals surface area contributed by atoms with Crippen LogP contribution in [0.5, 0.6) is 5.75 Å². The second kappa shape index (κ2) is 6.02. The molecule has 0 saturated carbocycles. The van der Waals surface area contributed by atoms with Gasteiger partial charge in [-0.3, -0.25) is 4.79 Å². The maximum atomic E-state index is 13.7. The first-order chi connectivity index (χ1) is 10.1. The molecule has 0 atom stereocenters. The van der Waals surface area contributed by atoms with E-state index in [1.165, 1.54) is 12.1 Å². The number of ether oxygens (including phenoxy) is 1. The standard InChI is InChI=1S/C16H20FNO3/c17-15-8-13(19)1-2-14(15)16(20)18-9-12(10-18)7-11-3-5-21-6-4-11/h1-2,8,11-12,19H,3-7,9-10H2. The highest BCUT2D eigenvalue weighted by Gasteiger charge is 2.34. The molecule has 4 nitrogen and oxygen atoms in total. The molecular weight excluding hydrogens is 273 g/mol. The van der Waals surface area contributed by atoms with E-state index in [9.17, 15) is 14.3 Å². The van der Waals surface area contributed by atoms with Crippen molar-refractivity contribution in [1.29, 1.82) is 0 Å². The molecule has 0 spiro atoms. The Balaban J connectivity index is 1.52. The van der Waals surface area contributed by atoms with Gasteiger partial charge < -0.3 is 14.7 Å². The molecule has 1 aromatic carbocycles. The Hall–Kier alpha value is -1.62. The molecule has 0 aromatic heterocycles. The van der Waals surface area contributed by atoms with Gasteiger partial charge in [0.05, 0.1) is 5.56 Å². The van der Waals surface area contributed by atoms with Gasteiger partial charge in [-0.2, -0.15) is 0 Å². The van der Waals surface area contributed by atoms with Crippen LogP contribution < -0.4 is 0 Å². The van der Waals surface area contributed by atoms with Crippen LogP contribution in [0.4, 0.5) is 4.39 Å². The van der Waals surface area contributed by atoms with Crippen molar-refractivity contribution >= 4 is 5.91 Å². The fourth-order valence-electron chi connectivity index (χ4n) is 3.19. The molecular formula is C16H20FNO3. The Morgan fingerprint density at radius 2 is 2.00 bits per heavy atom. The first-order valence-electron chi connectivity index (χ1n) is 7.49. The van der Waals surface area contributed by atoms with Gasteiger partial charge in [-0.25, -0.2) is 4.39 Å². The summed E-state index contributed by atoms with van der Waals surface area (Å²) >= 11 is 0. The van der Waals surface area contributed by atoms with Gasteiger partial charge in [0.25, 0.3) is 5.91 Å². The minimum Gasteiger partial charge on any atom is -0.508 e. The number of nitrogens with zero attached hydrogens (tertiary/aromatic N) is 1.